The van der Waals surface area contributed by atoms with Gasteiger partial charge in [0.15, 0.2) is 0 Å². The molecule has 2 atom stereocenters. The molecular weight excluding hydrogens is 355 g/mol. The number of rotatable bonds is 5. The average Bonchev–Trinajstić information content (AvgIpc) is 3.22. The van der Waals surface area contributed by atoms with Gasteiger partial charge in [-0.15, -0.1) is 0 Å². The van der Waals surface area contributed by atoms with E-state index in [2.05, 4.69) is 34.6 Å². The van der Waals surface area contributed by atoms with Crippen LogP contribution in [0.25, 0.3) is 0 Å². The fourth-order valence-corrected chi connectivity index (χ4v) is 4.99. The van der Waals surface area contributed by atoms with Gasteiger partial charge >= 0.3 is 0 Å². The van der Waals surface area contributed by atoms with E-state index in [9.17, 15) is 9.18 Å². The molecule has 6 heteroatoms. The molecule has 2 unspecified atom stereocenters. The van der Waals surface area contributed by atoms with E-state index in [1.54, 1.807) is 6.07 Å². The predicted octanol–water partition coefficient (Wildman–Crippen LogP) is 3.98. The van der Waals surface area contributed by atoms with Crippen LogP contribution < -0.4 is 4.90 Å². The number of anilines is 1. The van der Waals surface area contributed by atoms with Crippen molar-refractivity contribution in [2.24, 2.45) is 0 Å². The second-order valence-corrected chi connectivity index (χ2v) is 8.25. The number of amides is 1. The molecule has 0 radical (unpaired) electrons. The van der Waals surface area contributed by atoms with Gasteiger partial charge in [0.25, 0.3) is 0 Å². The number of carbonyl (C=O) groups excluding carboxylic acids is 1. The summed E-state index contributed by atoms with van der Waals surface area (Å²) >= 11 is 0. The zero-order valence-electron chi connectivity index (χ0n) is 16.8. The van der Waals surface area contributed by atoms with E-state index in [0.717, 1.165) is 45.3 Å². The normalized spacial score (nSPS) is 25.8. The van der Waals surface area contributed by atoms with Gasteiger partial charge in [-0.1, -0.05) is 13.0 Å². The minimum Gasteiger partial charge on any atom is -0.306 e. The summed E-state index contributed by atoms with van der Waals surface area (Å²) in [7, 11) is 0. The van der Waals surface area contributed by atoms with Crippen molar-refractivity contribution in [2.75, 3.05) is 11.4 Å². The van der Waals surface area contributed by atoms with Crippen LogP contribution in [0, 0.1) is 5.82 Å². The lowest BCUT2D eigenvalue weighted by Crippen LogP contribution is -2.56. The van der Waals surface area contributed by atoms with Crippen LogP contribution in [-0.2, 0) is 17.9 Å². The third-order valence-electron chi connectivity index (χ3n) is 6.36. The van der Waals surface area contributed by atoms with E-state index in [1.807, 2.05) is 17.2 Å². The van der Waals surface area contributed by atoms with Crippen molar-refractivity contribution in [2.45, 2.75) is 70.6 Å². The van der Waals surface area contributed by atoms with Crippen molar-refractivity contribution in [3.63, 3.8) is 0 Å². The van der Waals surface area contributed by atoms with Crippen LogP contribution in [0.3, 0.4) is 0 Å². The highest BCUT2D eigenvalue weighted by molar-refractivity contribution is 5.97. The Morgan fingerprint density at radius 3 is 2.89 bits per heavy atom. The molecular formula is C22H29FN4O. The van der Waals surface area contributed by atoms with E-state index >= 15 is 0 Å². The highest BCUT2D eigenvalue weighted by Crippen LogP contribution is 2.44. The van der Waals surface area contributed by atoms with Crippen LogP contribution in [0.2, 0.25) is 0 Å². The van der Waals surface area contributed by atoms with Crippen molar-refractivity contribution in [3.8, 4) is 0 Å². The summed E-state index contributed by atoms with van der Waals surface area (Å²) in [5.41, 5.74) is 1.75. The first-order chi connectivity index (χ1) is 13.5. The molecule has 4 rings (SSSR count). The minimum atomic E-state index is -0.290. The molecule has 2 fully saturated rings. The summed E-state index contributed by atoms with van der Waals surface area (Å²) in [4.78, 5) is 17.1. The van der Waals surface area contributed by atoms with Gasteiger partial charge in [-0.2, -0.15) is 5.10 Å². The Kier molecular flexibility index (Phi) is 5.23. The molecule has 5 nitrogen and oxygen atoms in total. The average molecular weight is 384 g/mol. The summed E-state index contributed by atoms with van der Waals surface area (Å²) in [6, 6.07) is 8.92. The Balaban J connectivity index is 1.52. The lowest BCUT2D eigenvalue weighted by Gasteiger charge is -2.48. The fourth-order valence-electron chi connectivity index (χ4n) is 4.99. The maximum Gasteiger partial charge on any atom is 0.227 e. The van der Waals surface area contributed by atoms with Crippen LogP contribution in [0.1, 0.15) is 51.6 Å². The lowest BCUT2D eigenvalue weighted by molar-refractivity contribution is -0.117. The molecule has 0 saturated carbocycles. The predicted molar refractivity (Wildman–Crippen MR) is 107 cm³/mol. The molecule has 150 valence electrons. The SMILES string of the molecule is CCCn1nccc1CN1CCC2(CCC(=O)N2c2cccc(F)c2)CC1C. The molecule has 28 heavy (non-hydrogen) atoms. The van der Waals surface area contributed by atoms with Crippen LogP contribution in [0.15, 0.2) is 36.5 Å². The van der Waals surface area contributed by atoms with Crippen molar-refractivity contribution in [1.29, 1.82) is 0 Å². The summed E-state index contributed by atoms with van der Waals surface area (Å²) in [6.07, 6.45) is 6.18. The number of aryl methyl sites for hydroxylation is 1. The first kappa shape index (κ1) is 19.1. The van der Waals surface area contributed by atoms with E-state index < -0.39 is 0 Å². The van der Waals surface area contributed by atoms with Gasteiger partial charge < -0.3 is 4.90 Å². The number of likely N-dealkylation sites (tertiary alicyclic amines) is 1. The molecule has 2 saturated heterocycles. The van der Waals surface area contributed by atoms with Crippen LogP contribution in [-0.4, -0.2) is 38.7 Å². The largest absolute Gasteiger partial charge is 0.306 e. The third kappa shape index (κ3) is 3.46. The van der Waals surface area contributed by atoms with Gasteiger partial charge in [-0.25, -0.2) is 4.39 Å². The quantitative estimate of drug-likeness (QED) is 0.783. The van der Waals surface area contributed by atoms with E-state index in [-0.39, 0.29) is 17.3 Å². The van der Waals surface area contributed by atoms with Gasteiger partial charge in [0.05, 0.1) is 11.2 Å². The molecule has 2 aliphatic rings. The molecule has 0 bridgehead atoms. The number of hydrogen-bond donors (Lipinski definition) is 0. The zero-order chi connectivity index (χ0) is 19.7. The summed E-state index contributed by atoms with van der Waals surface area (Å²) in [5.74, 6) is -0.172. The van der Waals surface area contributed by atoms with Crippen molar-refractivity contribution >= 4 is 11.6 Å². The molecule has 2 aliphatic heterocycles. The van der Waals surface area contributed by atoms with Gasteiger partial charge in [-0.05, 0) is 56.9 Å². The third-order valence-corrected chi connectivity index (χ3v) is 6.36. The summed E-state index contributed by atoms with van der Waals surface area (Å²) < 4.78 is 15.9. The molecule has 1 aromatic carbocycles. The standard InChI is InChI=1S/C22H29FN4O/c1-3-12-26-20(8-11-24-26)16-25-13-10-22(15-17(25)2)9-7-21(28)27(22)19-6-4-5-18(23)14-19/h4-6,8,11,14,17H,3,7,9-10,12-13,15-16H2,1-2H3. The molecule has 0 N–H and O–H groups in total. The Morgan fingerprint density at radius 2 is 2.14 bits per heavy atom. The first-order valence-corrected chi connectivity index (χ1v) is 10.4. The number of carbonyl (C=O) groups is 1. The monoisotopic (exact) mass is 384 g/mol. The topological polar surface area (TPSA) is 41.4 Å². The van der Waals surface area contributed by atoms with Gasteiger partial charge in [0, 0.05) is 44.0 Å². The van der Waals surface area contributed by atoms with Gasteiger partial charge in [-0.3, -0.25) is 14.4 Å². The van der Waals surface area contributed by atoms with E-state index in [4.69, 9.17) is 0 Å². The van der Waals surface area contributed by atoms with E-state index in [0.29, 0.717) is 18.2 Å². The molecule has 1 aromatic heterocycles. The lowest BCUT2D eigenvalue weighted by atomic mass is 9.81. The highest BCUT2D eigenvalue weighted by atomic mass is 19.1. The number of benzene rings is 1. The highest BCUT2D eigenvalue weighted by Gasteiger charge is 2.49. The molecule has 0 aliphatic carbocycles. The number of halogens is 1. The van der Waals surface area contributed by atoms with Crippen LogP contribution in [0.4, 0.5) is 10.1 Å². The molecule has 1 amide bonds. The number of piperidine rings is 1. The number of aromatic nitrogens is 2. The first-order valence-electron chi connectivity index (χ1n) is 10.4. The molecule has 2 aromatic rings. The zero-order valence-corrected chi connectivity index (χ0v) is 16.8. The maximum absolute atomic E-state index is 13.8. The summed E-state index contributed by atoms with van der Waals surface area (Å²) in [5, 5.41) is 4.44. The number of hydrogen-bond acceptors (Lipinski definition) is 3. The smallest absolute Gasteiger partial charge is 0.227 e. The van der Waals surface area contributed by atoms with Crippen molar-refractivity contribution in [3.05, 3.63) is 48.0 Å². The second kappa shape index (κ2) is 7.66. The van der Waals surface area contributed by atoms with Crippen LogP contribution >= 0.6 is 0 Å². The second-order valence-electron chi connectivity index (χ2n) is 8.25. The van der Waals surface area contributed by atoms with Gasteiger partial charge in [0.1, 0.15) is 5.82 Å². The van der Waals surface area contributed by atoms with Crippen molar-refractivity contribution in [1.82, 2.24) is 14.7 Å². The fraction of sp³-hybridized carbons (Fsp3) is 0.545. The number of nitrogens with zero attached hydrogens (tertiary/aromatic N) is 4. The summed E-state index contributed by atoms with van der Waals surface area (Å²) in [6.45, 7) is 7.16. The molecule has 1 spiro atoms. The van der Waals surface area contributed by atoms with E-state index in [1.165, 1.54) is 17.8 Å². The Bertz CT molecular complexity index is 851. The maximum atomic E-state index is 13.8. The minimum absolute atomic E-state index is 0.118. The van der Waals surface area contributed by atoms with Gasteiger partial charge in [0.2, 0.25) is 5.91 Å². The Morgan fingerprint density at radius 1 is 1.29 bits per heavy atom. The Labute approximate surface area is 166 Å². The molecule has 3 heterocycles. The van der Waals surface area contributed by atoms with Crippen LogP contribution in [0.5, 0.6) is 0 Å². The van der Waals surface area contributed by atoms with Crippen molar-refractivity contribution < 1.29 is 9.18 Å². The Hall–Kier alpha value is -2.21.